The molecule has 1 saturated heterocycles. The second-order valence-corrected chi connectivity index (χ2v) is 8.46. The van der Waals surface area contributed by atoms with Gasteiger partial charge in [0.2, 0.25) is 0 Å². The van der Waals surface area contributed by atoms with Crippen molar-refractivity contribution in [2.24, 2.45) is 5.92 Å². The van der Waals surface area contributed by atoms with Crippen molar-refractivity contribution in [1.29, 1.82) is 0 Å². The van der Waals surface area contributed by atoms with Gasteiger partial charge in [0.1, 0.15) is 0 Å². The molecule has 1 fully saturated rings. The summed E-state index contributed by atoms with van der Waals surface area (Å²) in [4.78, 5) is 6.37. The second-order valence-electron chi connectivity index (χ2n) is 6.66. The predicted molar refractivity (Wildman–Crippen MR) is 89.5 cm³/mol. The first-order valence-corrected chi connectivity index (χ1v) is 8.60. The van der Waals surface area contributed by atoms with E-state index >= 15 is 0 Å². The lowest BCUT2D eigenvalue weighted by atomic mass is 10.1. The molecule has 0 bridgehead atoms. The Hall–Kier alpha value is -0.810. The van der Waals surface area contributed by atoms with Gasteiger partial charge in [-0.2, -0.15) is 11.8 Å². The predicted octanol–water partition coefficient (Wildman–Crippen LogP) is 3.30. The van der Waals surface area contributed by atoms with Crippen LogP contribution >= 0.6 is 11.8 Å². The van der Waals surface area contributed by atoms with Crippen molar-refractivity contribution in [3.63, 3.8) is 0 Å². The summed E-state index contributed by atoms with van der Waals surface area (Å²) in [6, 6.07) is 1.77. The van der Waals surface area contributed by atoms with Crippen LogP contribution in [0, 0.1) is 11.7 Å². The molecule has 2 rings (SSSR count). The van der Waals surface area contributed by atoms with E-state index in [4.69, 9.17) is 0 Å². The lowest BCUT2D eigenvalue weighted by molar-refractivity contribution is 0.529. The highest BCUT2D eigenvalue weighted by Crippen LogP contribution is 2.32. The Morgan fingerprint density at radius 2 is 2.24 bits per heavy atom. The molecule has 0 spiro atoms. The first-order valence-electron chi connectivity index (χ1n) is 7.62. The Morgan fingerprint density at radius 1 is 1.48 bits per heavy atom. The third-order valence-corrected chi connectivity index (χ3v) is 4.84. The minimum atomic E-state index is -0.170. The zero-order valence-electron chi connectivity index (χ0n) is 13.4. The fourth-order valence-corrected chi connectivity index (χ4v) is 3.63. The number of nitrogens with one attached hydrogen (secondary N) is 1. The maximum Gasteiger partial charge on any atom is 0.170 e. The number of nitrogens with zero attached hydrogens (tertiary/aromatic N) is 2. The van der Waals surface area contributed by atoms with E-state index in [0.717, 1.165) is 25.4 Å². The average Bonchev–Trinajstić information content (AvgIpc) is 2.39. The van der Waals surface area contributed by atoms with Crippen LogP contribution in [0.15, 0.2) is 12.3 Å². The maximum atomic E-state index is 14.7. The van der Waals surface area contributed by atoms with Gasteiger partial charge in [-0.3, -0.25) is 0 Å². The molecule has 0 aromatic carbocycles. The monoisotopic (exact) mass is 311 g/mol. The van der Waals surface area contributed by atoms with Gasteiger partial charge in [0.15, 0.2) is 11.6 Å². The summed E-state index contributed by atoms with van der Waals surface area (Å²) in [7, 11) is 0. The van der Waals surface area contributed by atoms with Crippen LogP contribution in [0.25, 0.3) is 0 Å². The Kier molecular flexibility index (Phi) is 5.49. The van der Waals surface area contributed by atoms with Crippen molar-refractivity contribution in [2.45, 2.75) is 39.0 Å². The summed E-state index contributed by atoms with van der Waals surface area (Å²) in [6.07, 6.45) is 1.72. The van der Waals surface area contributed by atoms with E-state index in [-0.39, 0.29) is 10.6 Å². The number of rotatable bonds is 5. The molecule has 5 heteroatoms. The molecule has 0 saturated carbocycles. The molecule has 0 unspecified atom stereocenters. The number of hydrogen-bond donors (Lipinski definition) is 1. The van der Waals surface area contributed by atoms with Gasteiger partial charge in [-0.15, -0.1) is 0 Å². The van der Waals surface area contributed by atoms with Gasteiger partial charge in [-0.05, 0) is 32.4 Å². The number of pyridine rings is 1. The third kappa shape index (κ3) is 4.58. The summed E-state index contributed by atoms with van der Waals surface area (Å²) in [5.41, 5.74) is 0.705. The SMILES string of the molecule is CC(C)CNCc1ccnc(N2CCSC(C)(C)C2)c1F. The molecule has 3 nitrogen and oxygen atoms in total. The molecule has 2 heterocycles. The molecule has 0 amide bonds. The lowest BCUT2D eigenvalue weighted by Crippen LogP contribution is -2.44. The van der Waals surface area contributed by atoms with Crippen LogP contribution in [0.2, 0.25) is 0 Å². The lowest BCUT2D eigenvalue weighted by Gasteiger charge is -2.38. The molecule has 21 heavy (non-hydrogen) atoms. The van der Waals surface area contributed by atoms with E-state index in [1.165, 1.54) is 0 Å². The number of hydrogen-bond acceptors (Lipinski definition) is 4. The molecular weight excluding hydrogens is 285 g/mol. The zero-order valence-corrected chi connectivity index (χ0v) is 14.3. The van der Waals surface area contributed by atoms with Crippen LogP contribution in [-0.4, -0.2) is 35.1 Å². The molecular formula is C16H26FN3S. The summed E-state index contributed by atoms with van der Waals surface area (Å²) < 4.78 is 14.8. The van der Waals surface area contributed by atoms with Crippen molar-refractivity contribution in [3.05, 3.63) is 23.6 Å². The van der Waals surface area contributed by atoms with Crippen LogP contribution in [0.3, 0.4) is 0 Å². The molecule has 0 aliphatic carbocycles. The molecule has 118 valence electrons. The highest BCUT2D eigenvalue weighted by molar-refractivity contribution is 8.00. The van der Waals surface area contributed by atoms with E-state index in [9.17, 15) is 4.39 Å². The van der Waals surface area contributed by atoms with Crippen molar-refractivity contribution < 1.29 is 4.39 Å². The van der Waals surface area contributed by atoms with Crippen LogP contribution in [0.5, 0.6) is 0 Å². The number of thioether (sulfide) groups is 1. The summed E-state index contributed by atoms with van der Waals surface area (Å²) in [6.45, 7) is 11.9. The summed E-state index contributed by atoms with van der Waals surface area (Å²) in [5.74, 6) is 1.92. The molecule has 1 aliphatic heterocycles. The molecule has 1 aromatic heterocycles. The average molecular weight is 311 g/mol. The molecule has 1 aliphatic rings. The normalized spacial score (nSPS) is 18.3. The minimum Gasteiger partial charge on any atom is -0.352 e. The number of anilines is 1. The fraction of sp³-hybridized carbons (Fsp3) is 0.688. The van der Waals surface area contributed by atoms with Gasteiger partial charge < -0.3 is 10.2 Å². The van der Waals surface area contributed by atoms with Crippen molar-refractivity contribution in [1.82, 2.24) is 10.3 Å². The van der Waals surface area contributed by atoms with Gasteiger partial charge >= 0.3 is 0 Å². The van der Waals surface area contributed by atoms with Crippen molar-refractivity contribution in [2.75, 3.05) is 30.3 Å². The topological polar surface area (TPSA) is 28.2 Å². The zero-order chi connectivity index (χ0) is 15.5. The van der Waals surface area contributed by atoms with Gasteiger partial charge in [0.05, 0.1) is 0 Å². The van der Waals surface area contributed by atoms with Crippen LogP contribution < -0.4 is 10.2 Å². The number of halogens is 1. The van der Waals surface area contributed by atoms with E-state index in [1.54, 1.807) is 12.3 Å². The largest absolute Gasteiger partial charge is 0.352 e. The highest BCUT2D eigenvalue weighted by Gasteiger charge is 2.29. The smallest absolute Gasteiger partial charge is 0.170 e. The standard InChI is InChI=1S/C16H26FN3S/c1-12(2)9-18-10-13-5-6-19-15(14(13)17)20-7-8-21-16(3,4)11-20/h5-6,12,18H,7-11H2,1-4H3. The number of aromatic nitrogens is 1. The molecule has 0 radical (unpaired) electrons. The van der Waals surface area contributed by atoms with E-state index in [0.29, 0.717) is 23.8 Å². The maximum absolute atomic E-state index is 14.7. The Balaban J connectivity index is 2.10. The Labute approximate surface area is 131 Å². The van der Waals surface area contributed by atoms with Gasteiger partial charge in [-0.1, -0.05) is 13.8 Å². The van der Waals surface area contributed by atoms with Gasteiger partial charge in [0, 0.05) is 41.9 Å². The minimum absolute atomic E-state index is 0.151. The highest BCUT2D eigenvalue weighted by atomic mass is 32.2. The van der Waals surface area contributed by atoms with Crippen LogP contribution in [-0.2, 0) is 6.54 Å². The first-order chi connectivity index (χ1) is 9.89. The first kappa shape index (κ1) is 16.6. The summed E-state index contributed by atoms with van der Waals surface area (Å²) >= 11 is 1.94. The quantitative estimate of drug-likeness (QED) is 0.903. The van der Waals surface area contributed by atoms with Crippen LogP contribution in [0.4, 0.5) is 10.2 Å². The molecule has 1 N–H and O–H groups in total. The van der Waals surface area contributed by atoms with Gasteiger partial charge in [-0.25, -0.2) is 9.37 Å². The second kappa shape index (κ2) is 6.97. The Bertz CT molecular complexity index is 477. The van der Waals surface area contributed by atoms with E-state index < -0.39 is 0 Å². The van der Waals surface area contributed by atoms with E-state index in [2.05, 4.69) is 42.9 Å². The van der Waals surface area contributed by atoms with Crippen molar-refractivity contribution in [3.8, 4) is 0 Å². The fourth-order valence-electron chi connectivity index (χ4n) is 2.52. The third-order valence-electron chi connectivity index (χ3n) is 3.54. The van der Waals surface area contributed by atoms with Crippen LogP contribution in [0.1, 0.15) is 33.3 Å². The van der Waals surface area contributed by atoms with Crippen molar-refractivity contribution >= 4 is 17.6 Å². The Morgan fingerprint density at radius 3 is 2.90 bits per heavy atom. The molecule has 1 aromatic rings. The van der Waals surface area contributed by atoms with E-state index in [1.807, 2.05) is 11.8 Å². The van der Waals surface area contributed by atoms with Gasteiger partial charge in [0.25, 0.3) is 0 Å². The summed E-state index contributed by atoms with van der Waals surface area (Å²) in [5, 5.41) is 3.30. The molecule has 0 atom stereocenters.